The van der Waals surface area contributed by atoms with Crippen LogP contribution in [0.25, 0.3) is 5.69 Å². The van der Waals surface area contributed by atoms with E-state index in [0.29, 0.717) is 18.5 Å². The Balaban J connectivity index is 2.03. The zero-order chi connectivity index (χ0) is 22.2. The first-order valence-electron chi connectivity index (χ1n) is 9.68. The number of carboxylic acid groups (broad SMARTS) is 1. The number of hydrogen-bond acceptors (Lipinski definition) is 4. The van der Waals surface area contributed by atoms with Gasteiger partial charge < -0.3 is 20.7 Å². The maximum Gasteiger partial charge on any atom is 0.303 e. The van der Waals surface area contributed by atoms with Crippen LogP contribution in [0, 0.1) is 12.3 Å². The number of anilines is 1. The molecule has 0 saturated heterocycles. The van der Waals surface area contributed by atoms with Gasteiger partial charge in [0.25, 0.3) is 5.91 Å². The maximum atomic E-state index is 12.7. The van der Waals surface area contributed by atoms with Gasteiger partial charge in [-0.1, -0.05) is 13.8 Å². The van der Waals surface area contributed by atoms with E-state index in [9.17, 15) is 19.2 Å². The molecule has 0 unspecified atom stereocenters. The number of rotatable bonds is 6. The summed E-state index contributed by atoms with van der Waals surface area (Å²) in [4.78, 5) is 47.3. The molecule has 158 valence electrons. The first-order chi connectivity index (χ1) is 14.0. The molecule has 0 saturated carbocycles. The van der Waals surface area contributed by atoms with Gasteiger partial charge in [-0.3, -0.25) is 19.2 Å². The van der Waals surface area contributed by atoms with Crippen molar-refractivity contribution in [2.75, 3.05) is 5.32 Å². The van der Waals surface area contributed by atoms with Gasteiger partial charge in [0.05, 0.1) is 17.7 Å². The number of Topliss-reactive ketones (excluding diaryl/α,β-unsaturated/α-hetero) is 1. The van der Waals surface area contributed by atoms with E-state index in [2.05, 4.69) is 5.32 Å². The monoisotopic (exact) mass is 411 g/mol. The lowest BCUT2D eigenvalue weighted by Crippen LogP contribution is -2.28. The van der Waals surface area contributed by atoms with Crippen LogP contribution in [0.15, 0.2) is 24.4 Å². The number of aliphatic carboxylic acids is 1. The van der Waals surface area contributed by atoms with Gasteiger partial charge >= 0.3 is 5.97 Å². The Morgan fingerprint density at radius 1 is 1.20 bits per heavy atom. The lowest BCUT2D eigenvalue weighted by Gasteiger charge is -2.30. The molecule has 30 heavy (non-hydrogen) atoms. The van der Waals surface area contributed by atoms with Crippen LogP contribution in [0.5, 0.6) is 0 Å². The van der Waals surface area contributed by atoms with E-state index >= 15 is 0 Å². The zero-order valence-corrected chi connectivity index (χ0v) is 17.2. The molecule has 1 aliphatic carbocycles. The third-order valence-electron chi connectivity index (χ3n) is 5.25. The van der Waals surface area contributed by atoms with Gasteiger partial charge in [-0.2, -0.15) is 0 Å². The predicted molar refractivity (Wildman–Crippen MR) is 111 cm³/mol. The molecule has 1 heterocycles. The summed E-state index contributed by atoms with van der Waals surface area (Å²) in [5, 5.41) is 11.3. The van der Waals surface area contributed by atoms with Crippen LogP contribution in [0.3, 0.4) is 0 Å². The molecule has 0 fully saturated rings. The second-order valence-electron chi connectivity index (χ2n) is 8.48. The number of hydrogen-bond donors (Lipinski definition) is 3. The molecule has 1 aromatic carbocycles. The topological polar surface area (TPSA) is 131 Å². The molecule has 0 atom stereocenters. The van der Waals surface area contributed by atoms with E-state index in [1.807, 2.05) is 31.5 Å². The van der Waals surface area contributed by atoms with E-state index in [4.69, 9.17) is 10.8 Å². The summed E-state index contributed by atoms with van der Waals surface area (Å²) in [6.45, 7) is 5.98. The van der Waals surface area contributed by atoms with Crippen molar-refractivity contribution in [2.24, 2.45) is 11.1 Å². The number of nitrogens with zero attached hydrogens (tertiary/aromatic N) is 1. The fourth-order valence-corrected chi connectivity index (χ4v) is 3.94. The average Bonchev–Trinajstić information content (AvgIpc) is 2.95. The van der Waals surface area contributed by atoms with Gasteiger partial charge in [-0.25, -0.2) is 0 Å². The summed E-state index contributed by atoms with van der Waals surface area (Å²) in [7, 11) is 0. The molecule has 0 aliphatic heterocycles. The van der Waals surface area contributed by atoms with Crippen LogP contribution >= 0.6 is 0 Å². The fourth-order valence-electron chi connectivity index (χ4n) is 3.94. The number of carbonyl (C=O) groups is 4. The Labute approximate surface area is 174 Å². The molecule has 8 nitrogen and oxygen atoms in total. The minimum Gasteiger partial charge on any atom is -0.481 e. The Morgan fingerprint density at radius 3 is 2.53 bits per heavy atom. The van der Waals surface area contributed by atoms with Crippen LogP contribution in [-0.2, 0) is 16.0 Å². The summed E-state index contributed by atoms with van der Waals surface area (Å²) in [6, 6.07) is 4.84. The van der Waals surface area contributed by atoms with Crippen LogP contribution in [0.4, 0.5) is 5.69 Å². The average molecular weight is 411 g/mol. The van der Waals surface area contributed by atoms with E-state index in [-0.39, 0.29) is 35.3 Å². The van der Waals surface area contributed by atoms with Crippen molar-refractivity contribution in [3.63, 3.8) is 0 Å². The highest BCUT2D eigenvalue weighted by atomic mass is 16.4. The highest BCUT2D eigenvalue weighted by molar-refractivity contribution is 6.04. The molecule has 4 N–H and O–H groups in total. The van der Waals surface area contributed by atoms with Crippen molar-refractivity contribution in [3.8, 4) is 5.69 Å². The van der Waals surface area contributed by atoms with E-state index < -0.39 is 17.8 Å². The van der Waals surface area contributed by atoms with Crippen molar-refractivity contribution in [1.82, 2.24) is 4.57 Å². The number of nitrogens with one attached hydrogen (secondary N) is 1. The van der Waals surface area contributed by atoms with Crippen molar-refractivity contribution >= 4 is 29.3 Å². The molecule has 1 aliphatic rings. The Morgan fingerprint density at radius 2 is 1.90 bits per heavy atom. The quantitative estimate of drug-likeness (QED) is 0.672. The van der Waals surface area contributed by atoms with E-state index in [1.54, 1.807) is 12.1 Å². The fraction of sp³-hybridized carbons (Fsp3) is 0.364. The molecule has 2 amide bonds. The molecule has 0 bridgehead atoms. The number of aryl methyl sites for hydroxylation is 1. The molecular weight excluding hydrogens is 386 g/mol. The van der Waals surface area contributed by atoms with Gasteiger partial charge in [0, 0.05) is 36.0 Å². The molecule has 0 radical (unpaired) electrons. The van der Waals surface area contributed by atoms with Gasteiger partial charge in [0.2, 0.25) is 5.91 Å². The predicted octanol–water partition coefficient (Wildman–Crippen LogP) is 2.84. The van der Waals surface area contributed by atoms with Gasteiger partial charge in [-0.15, -0.1) is 0 Å². The molecule has 1 aromatic heterocycles. The lowest BCUT2D eigenvalue weighted by atomic mass is 9.75. The highest BCUT2D eigenvalue weighted by Gasteiger charge is 2.34. The Hall–Kier alpha value is -3.42. The van der Waals surface area contributed by atoms with Crippen molar-refractivity contribution in [1.29, 1.82) is 0 Å². The number of carbonyl (C=O) groups excluding carboxylic acids is 3. The third-order valence-corrected chi connectivity index (χ3v) is 5.25. The van der Waals surface area contributed by atoms with Crippen molar-refractivity contribution in [3.05, 3.63) is 46.8 Å². The normalized spacial score (nSPS) is 14.8. The number of amides is 2. The summed E-state index contributed by atoms with van der Waals surface area (Å²) < 4.78 is 1.90. The summed E-state index contributed by atoms with van der Waals surface area (Å²) in [5.74, 6) is -2.22. The largest absolute Gasteiger partial charge is 0.481 e. The number of benzene rings is 1. The highest BCUT2D eigenvalue weighted by Crippen LogP contribution is 2.38. The number of aromatic nitrogens is 1. The van der Waals surface area contributed by atoms with E-state index in [0.717, 1.165) is 16.8 Å². The lowest BCUT2D eigenvalue weighted by molar-refractivity contribution is -0.138. The summed E-state index contributed by atoms with van der Waals surface area (Å²) >= 11 is 0. The second-order valence-corrected chi connectivity index (χ2v) is 8.48. The Bertz CT molecular complexity index is 1060. The zero-order valence-electron chi connectivity index (χ0n) is 17.2. The molecule has 8 heteroatoms. The number of primary amides is 1. The van der Waals surface area contributed by atoms with Crippen molar-refractivity contribution in [2.45, 2.75) is 46.5 Å². The molecule has 3 rings (SSSR count). The maximum absolute atomic E-state index is 12.7. The molecular formula is C22H25N3O5. The van der Waals surface area contributed by atoms with Crippen LogP contribution in [0.2, 0.25) is 0 Å². The first-order valence-corrected chi connectivity index (χ1v) is 9.68. The van der Waals surface area contributed by atoms with Gasteiger partial charge in [0.15, 0.2) is 5.78 Å². The second kappa shape index (κ2) is 7.78. The van der Waals surface area contributed by atoms with E-state index in [1.165, 1.54) is 6.07 Å². The first kappa shape index (κ1) is 21.3. The SMILES string of the molecule is Cc1cn(-c2ccc(C(N)=O)c(NC(=O)CCC(=O)O)c2)c2c1C(=O)CC(C)(C)C2. The number of fused-ring (bicyclic) bond motifs is 1. The van der Waals surface area contributed by atoms with Crippen LogP contribution in [-0.4, -0.2) is 33.2 Å². The number of carboxylic acids is 1. The molecule has 0 spiro atoms. The Kier molecular flexibility index (Phi) is 5.52. The minimum atomic E-state index is -1.09. The van der Waals surface area contributed by atoms with Crippen LogP contribution < -0.4 is 11.1 Å². The van der Waals surface area contributed by atoms with Crippen LogP contribution in [0.1, 0.15) is 65.1 Å². The minimum absolute atomic E-state index is 0.105. The number of ketones is 1. The summed E-state index contributed by atoms with van der Waals surface area (Å²) in [5.41, 5.74) is 8.74. The smallest absolute Gasteiger partial charge is 0.303 e. The summed E-state index contributed by atoms with van der Waals surface area (Å²) in [6.07, 6.45) is 2.52. The van der Waals surface area contributed by atoms with Crippen molar-refractivity contribution < 1.29 is 24.3 Å². The van der Waals surface area contributed by atoms with Gasteiger partial charge in [-0.05, 0) is 42.5 Å². The molecule has 2 aromatic rings. The number of nitrogens with two attached hydrogens (primary N) is 1. The third kappa shape index (κ3) is 4.27. The van der Waals surface area contributed by atoms with Gasteiger partial charge in [0.1, 0.15) is 0 Å². The standard InChI is InChI=1S/C22H25N3O5/c1-12-11-25(16-9-22(2,3)10-17(26)20(12)16)13-4-5-14(21(23)30)15(8-13)24-18(27)6-7-19(28)29/h4-5,8,11H,6-7,9-10H2,1-3H3,(H2,23,30)(H,24,27)(H,28,29).